The van der Waals surface area contributed by atoms with E-state index in [-0.39, 0.29) is 16.8 Å². The molecule has 104 valence electrons. The summed E-state index contributed by atoms with van der Waals surface area (Å²) >= 11 is 11.7. The van der Waals surface area contributed by atoms with Gasteiger partial charge in [0.1, 0.15) is 10.8 Å². The second-order valence-electron chi connectivity index (χ2n) is 5.01. The van der Waals surface area contributed by atoms with Gasteiger partial charge in [0.25, 0.3) is 5.91 Å². The number of hydrogen-bond donors (Lipinski definition) is 1. The highest BCUT2D eigenvalue weighted by atomic mass is 35.5. The molecule has 0 atom stereocenters. The number of aromatic nitrogens is 1. The highest BCUT2D eigenvalue weighted by molar-refractivity contribution is 6.34. The minimum absolute atomic E-state index is 0.206. The van der Waals surface area contributed by atoms with Crippen molar-refractivity contribution in [2.45, 2.75) is 38.5 Å². The molecule has 0 aromatic carbocycles. The van der Waals surface area contributed by atoms with Crippen molar-refractivity contribution in [3.8, 4) is 0 Å². The van der Waals surface area contributed by atoms with Gasteiger partial charge in [0.2, 0.25) is 0 Å². The Hall–Kier alpha value is -0.800. The lowest BCUT2D eigenvalue weighted by atomic mass is 9.87. The van der Waals surface area contributed by atoms with E-state index in [1.165, 1.54) is 32.1 Å². The summed E-state index contributed by atoms with van der Waals surface area (Å²) in [4.78, 5) is 15.9. The lowest BCUT2D eigenvalue weighted by molar-refractivity contribution is 0.0945. The summed E-state index contributed by atoms with van der Waals surface area (Å²) in [6.45, 7) is 0.675. The molecule has 1 fully saturated rings. The molecule has 1 aromatic rings. The summed E-state index contributed by atoms with van der Waals surface area (Å²) in [5.41, 5.74) is 0.206. The van der Waals surface area contributed by atoms with Gasteiger partial charge in [0.15, 0.2) is 0 Å². The van der Waals surface area contributed by atoms with E-state index in [4.69, 9.17) is 23.2 Å². The van der Waals surface area contributed by atoms with E-state index >= 15 is 0 Å². The monoisotopic (exact) mass is 300 g/mol. The molecule has 2 rings (SSSR count). The standard InChI is InChI=1S/C14H18Cl2N2O/c15-11-6-7-12(16)18-13(11)14(19)17-9-8-10-4-2-1-3-5-10/h6-7,10H,1-5,8-9H2,(H,17,19). The summed E-state index contributed by atoms with van der Waals surface area (Å²) in [5, 5.41) is 3.48. The van der Waals surface area contributed by atoms with Crippen molar-refractivity contribution in [3.05, 3.63) is 28.0 Å². The quantitative estimate of drug-likeness (QED) is 0.851. The highest BCUT2D eigenvalue weighted by Gasteiger charge is 2.15. The van der Waals surface area contributed by atoms with Crippen LogP contribution in [0.3, 0.4) is 0 Å². The van der Waals surface area contributed by atoms with Crippen LogP contribution in [0.4, 0.5) is 0 Å². The van der Waals surface area contributed by atoms with Crippen LogP contribution in [-0.2, 0) is 0 Å². The summed E-state index contributed by atoms with van der Waals surface area (Å²) in [6, 6.07) is 3.16. The van der Waals surface area contributed by atoms with Crippen LogP contribution in [0.2, 0.25) is 10.2 Å². The van der Waals surface area contributed by atoms with E-state index in [9.17, 15) is 4.79 Å². The number of amides is 1. The van der Waals surface area contributed by atoms with Crippen molar-refractivity contribution in [2.75, 3.05) is 6.54 Å². The Bertz CT molecular complexity index is 445. The Morgan fingerprint density at radius 1 is 1.26 bits per heavy atom. The van der Waals surface area contributed by atoms with Gasteiger partial charge in [0.05, 0.1) is 5.02 Å². The number of rotatable bonds is 4. The lowest BCUT2D eigenvalue weighted by Gasteiger charge is -2.21. The van der Waals surface area contributed by atoms with Gasteiger partial charge in [-0.15, -0.1) is 0 Å². The first-order valence-corrected chi connectivity index (χ1v) is 7.52. The fraction of sp³-hybridized carbons (Fsp3) is 0.571. The summed E-state index contributed by atoms with van der Waals surface area (Å²) < 4.78 is 0. The summed E-state index contributed by atoms with van der Waals surface area (Å²) in [6.07, 6.45) is 7.59. The third-order valence-electron chi connectivity index (χ3n) is 3.59. The predicted molar refractivity (Wildman–Crippen MR) is 77.8 cm³/mol. The Morgan fingerprint density at radius 3 is 2.74 bits per heavy atom. The van der Waals surface area contributed by atoms with Gasteiger partial charge >= 0.3 is 0 Å². The van der Waals surface area contributed by atoms with Crippen molar-refractivity contribution in [3.63, 3.8) is 0 Å². The van der Waals surface area contributed by atoms with E-state index in [2.05, 4.69) is 10.3 Å². The normalized spacial score (nSPS) is 16.3. The van der Waals surface area contributed by atoms with Crippen LogP contribution < -0.4 is 5.32 Å². The highest BCUT2D eigenvalue weighted by Crippen LogP contribution is 2.25. The van der Waals surface area contributed by atoms with Crippen molar-refractivity contribution >= 4 is 29.1 Å². The first-order valence-electron chi connectivity index (χ1n) is 6.77. The smallest absolute Gasteiger partial charge is 0.271 e. The fourth-order valence-corrected chi connectivity index (χ4v) is 2.87. The topological polar surface area (TPSA) is 42.0 Å². The summed E-state index contributed by atoms with van der Waals surface area (Å²) in [5.74, 6) is 0.500. The molecule has 3 nitrogen and oxygen atoms in total. The van der Waals surface area contributed by atoms with Gasteiger partial charge in [-0.2, -0.15) is 0 Å². The molecule has 5 heteroatoms. The molecule has 1 aromatic heterocycles. The van der Waals surface area contributed by atoms with Gasteiger partial charge in [-0.05, 0) is 24.5 Å². The SMILES string of the molecule is O=C(NCCC1CCCCC1)c1nc(Cl)ccc1Cl. The third-order valence-corrected chi connectivity index (χ3v) is 4.11. The number of hydrogen-bond acceptors (Lipinski definition) is 2. The second kappa shape index (κ2) is 7.11. The molecule has 1 amide bonds. The molecule has 0 unspecified atom stereocenters. The van der Waals surface area contributed by atoms with Gasteiger partial charge in [-0.3, -0.25) is 4.79 Å². The number of carbonyl (C=O) groups excluding carboxylic acids is 1. The first kappa shape index (κ1) is 14.6. The van der Waals surface area contributed by atoms with Crippen LogP contribution in [0.1, 0.15) is 49.0 Å². The minimum Gasteiger partial charge on any atom is -0.351 e. The molecule has 1 saturated carbocycles. The number of carbonyl (C=O) groups is 1. The van der Waals surface area contributed by atoms with Crippen LogP contribution in [0.5, 0.6) is 0 Å². The van der Waals surface area contributed by atoms with Gasteiger partial charge in [-0.25, -0.2) is 4.98 Å². The van der Waals surface area contributed by atoms with Crippen molar-refractivity contribution in [2.24, 2.45) is 5.92 Å². The molecular formula is C14H18Cl2N2O. The van der Waals surface area contributed by atoms with E-state index in [1.54, 1.807) is 12.1 Å². The van der Waals surface area contributed by atoms with Gasteiger partial charge in [-0.1, -0.05) is 55.3 Å². The van der Waals surface area contributed by atoms with E-state index in [0.717, 1.165) is 12.3 Å². The van der Waals surface area contributed by atoms with E-state index in [1.807, 2.05) is 0 Å². The van der Waals surface area contributed by atoms with Crippen molar-refractivity contribution in [1.82, 2.24) is 10.3 Å². The maximum atomic E-state index is 11.9. The average molecular weight is 301 g/mol. The molecule has 0 radical (unpaired) electrons. The van der Waals surface area contributed by atoms with Crippen LogP contribution in [0.25, 0.3) is 0 Å². The van der Waals surface area contributed by atoms with Crippen LogP contribution in [0.15, 0.2) is 12.1 Å². The second-order valence-corrected chi connectivity index (χ2v) is 5.81. The molecule has 1 aliphatic rings. The Labute approximate surface area is 123 Å². The zero-order chi connectivity index (χ0) is 13.7. The fourth-order valence-electron chi connectivity index (χ4n) is 2.53. The van der Waals surface area contributed by atoms with Crippen molar-refractivity contribution < 1.29 is 4.79 Å². The maximum absolute atomic E-state index is 11.9. The molecule has 1 N–H and O–H groups in total. The summed E-state index contributed by atoms with van der Waals surface area (Å²) in [7, 11) is 0. The van der Waals surface area contributed by atoms with Crippen LogP contribution in [-0.4, -0.2) is 17.4 Å². The number of halogens is 2. The zero-order valence-corrected chi connectivity index (χ0v) is 12.3. The molecule has 0 aliphatic heterocycles. The zero-order valence-electron chi connectivity index (χ0n) is 10.8. The molecular weight excluding hydrogens is 283 g/mol. The predicted octanol–water partition coefficient (Wildman–Crippen LogP) is 4.09. The van der Waals surface area contributed by atoms with Crippen LogP contribution >= 0.6 is 23.2 Å². The first-order chi connectivity index (χ1) is 9.16. The van der Waals surface area contributed by atoms with E-state index in [0.29, 0.717) is 11.6 Å². The van der Waals surface area contributed by atoms with Gasteiger partial charge < -0.3 is 5.32 Å². The number of nitrogens with one attached hydrogen (secondary N) is 1. The van der Waals surface area contributed by atoms with Crippen LogP contribution in [0, 0.1) is 5.92 Å². The Balaban J connectivity index is 1.82. The molecule has 19 heavy (non-hydrogen) atoms. The number of pyridine rings is 1. The van der Waals surface area contributed by atoms with Gasteiger partial charge in [0, 0.05) is 6.54 Å². The third kappa shape index (κ3) is 4.36. The number of nitrogens with zero attached hydrogens (tertiary/aromatic N) is 1. The molecule has 1 heterocycles. The minimum atomic E-state index is -0.247. The Kier molecular flexibility index (Phi) is 5.46. The van der Waals surface area contributed by atoms with Crippen molar-refractivity contribution in [1.29, 1.82) is 0 Å². The molecule has 0 saturated heterocycles. The molecule has 0 bridgehead atoms. The average Bonchev–Trinajstić information content (AvgIpc) is 2.42. The molecule has 0 spiro atoms. The largest absolute Gasteiger partial charge is 0.351 e. The molecule has 1 aliphatic carbocycles. The Morgan fingerprint density at radius 2 is 2.00 bits per heavy atom. The lowest BCUT2D eigenvalue weighted by Crippen LogP contribution is -2.27. The van der Waals surface area contributed by atoms with E-state index < -0.39 is 0 Å². The maximum Gasteiger partial charge on any atom is 0.271 e.